The molecule has 0 fully saturated rings. The first kappa shape index (κ1) is 16.5. The van der Waals surface area contributed by atoms with Gasteiger partial charge in [0.25, 0.3) is 0 Å². The SMILES string of the molecule is CCn1cnnc1S[C@@H](C)C(=O)Nc1ccc(C(C)C)cc1. The number of aryl methyl sites for hydroxylation is 1. The molecule has 2 rings (SSSR count). The predicted molar refractivity (Wildman–Crippen MR) is 90.2 cm³/mol. The summed E-state index contributed by atoms with van der Waals surface area (Å²) in [5, 5.41) is 11.4. The number of amides is 1. The fourth-order valence-corrected chi connectivity index (χ4v) is 2.85. The van der Waals surface area contributed by atoms with Crippen molar-refractivity contribution in [1.82, 2.24) is 14.8 Å². The Morgan fingerprint density at radius 2 is 1.95 bits per heavy atom. The number of carbonyl (C=O) groups excluding carboxylic acids is 1. The third-order valence-electron chi connectivity index (χ3n) is 3.42. The number of hydrogen-bond donors (Lipinski definition) is 1. The number of nitrogens with zero attached hydrogens (tertiary/aromatic N) is 3. The molecule has 0 bridgehead atoms. The molecule has 1 aromatic heterocycles. The van der Waals surface area contributed by atoms with E-state index in [-0.39, 0.29) is 11.2 Å². The smallest absolute Gasteiger partial charge is 0.237 e. The second kappa shape index (κ2) is 7.45. The van der Waals surface area contributed by atoms with Gasteiger partial charge in [0, 0.05) is 12.2 Å². The highest BCUT2D eigenvalue weighted by Crippen LogP contribution is 2.23. The van der Waals surface area contributed by atoms with Gasteiger partial charge in [-0.2, -0.15) is 0 Å². The number of benzene rings is 1. The first-order valence-corrected chi connectivity index (χ1v) is 8.34. The van der Waals surface area contributed by atoms with Crippen molar-refractivity contribution in [1.29, 1.82) is 0 Å². The summed E-state index contributed by atoms with van der Waals surface area (Å²) in [6.07, 6.45) is 1.68. The molecule has 0 aliphatic heterocycles. The largest absolute Gasteiger partial charge is 0.325 e. The van der Waals surface area contributed by atoms with Crippen LogP contribution in [0.25, 0.3) is 0 Å². The summed E-state index contributed by atoms with van der Waals surface area (Å²) >= 11 is 1.41. The van der Waals surface area contributed by atoms with Crippen LogP contribution >= 0.6 is 11.8 Å². The topological polar surface area (TPSA) is 59.8 Å². The highest BCUT2D eigenvalue weighted by atomic mass is 32.2. The Morgan fingerprint density at radius 1 is 1.27 bits per heavy atom. The molecular formula is C16H22N4OS. The number of rotatable bonds is 6. The zero-order valence-corrected chi connectivity index (χ0v) is 14.2. The van der Waals surface area contributed by atoms with Crippen LogP contribution in [0.2, 0.25) is 0 Å². The average Bonchev–Trinajstić information content (AvgIpc) is 2.94. The Labute approximate surface area is 135 Å². The molecule has 6 heteroatoms. The second-order valence-electron chi connectivity index (χ2n) is 5.43. The fraction of sp³-hybridized carbons (Fsp3) is 0.438. The Kier molecular flexibility index (Phi) is 5.60. The van der Waals surface area contributed by atoms with E-state index >= 15 is 0 Å². The normalized spacial score (nSPS) is 12.4. The molecule has 0 unspecified atom stereocenters. The van der Waals surface area contributed by atoms with Gasteiger partial charge in [0.1, 0.15) is 6.33 Å². The van der Waals surface area contributed by atoms with Crippen molar-refractivity contribution in [3.63, 3.8) is 0 Å². The summed E-state index contributed by atoms with van der Waals surface area (Å²) in [5.74, 6) is 0.451. The third-order valence-corrected chi connectivity index (χ3v) is 4.51. The van der Waals surface area contributed by atoms with Crippen LogP contribution < -0.4 is 5.32 Å². The molecule has 0 aliphatic carbocycles. The van der Waals surface area contributed by atoms with Gasteiger partial charge in [0.05, 0.1) is 5.25 Å². The minimum absolute atomic E-state index is 0.0343. The van der Waals surface area contributed by atoms with Crippen LogP contribution in [0.15, 0.2) is 35.7 Å². The Morgan fingerprint density at radius 3 is 2.55 bits per heavy atom. The van der Waals surface area contributed by atoms with Crippen LogP contribution in [-0.2, 0) is 11.3 Å². The molecule has 1 N–H and O–H groups in total. The molecule has 0 spiro atoms. The van der Waals surface area contributed by atoms with Gasteiger partial charge in [0.2, 0.25) is 5.91 Å². The maximum absolute atomic E-state index is 12.3. The van der Waals surface area contributed by atoms with E-state index in [2.05, 4.69) is 29.4 Å². The molecule has 1 amide bonds. The fourth-order valence-electron chi connectivity index (χ4n) is 1.96. The summed E-state index contributed by atoms with van der Waals surface area (Å²) in [7, 11) is 0. The van der Waals surface area contributed by atoms with Crippen molar-refractivity contribution >= 4 is 23.4 Å². The van der Waals surface area contributed by atoms with E-state index < -0.39 is 0 Å². The summed E-state index contributed by atoms with van der Waals surface area (Å²) in [4.78, 5) is 12.3. The van der Waals surface area contributed by atoms with Crippen molar-refractivity contribution in [3.8, 4) is 0 Å². The number of aromatic nitrogens is 3. The predicted octanol–water partition coefficient (Wildman–Crippen LogP) is 3.54. The molecular weight excluding hydrogens is 296 g/mol. The lowest BCUT2D eigenvalue weighted by atomic mass is 10.0. The van der Waals surface area contributed by atoms with Crippen LogP contribution in [0.5, 0.6) is 0 Å². The molecule has 0 saturated heterocycles. The lowest BCUT2D eigenvalue weighted by Gasteiger charge is -2.12. The van der Waals surface area contributed by atoms with Gasteiger partial charge in [-0.05, 0) is 37.5 Å². The summed E-state index contributed by atoms with van der Waals surface area (Å²) in [6.45, 7) is 8.98. The van der Waals surface area contributed by atoms with E-state index in [4.69, 9.17) is 0 Å². The minimum Gasteiger partial charge on any atom is -0.325 e. The second-order valence-corrected chi connectivity index (χ2v) is 6.73. The van der Waals surface area contributed by atoms with Gasteiger partial charge in [0.15, 0.2) is 5.16 Å². The quantitative estimate of drug-likeness (QED) is 0.828. The zero-order chi connectivity index (χ0) is 16.1. The highest BCUT2D eigenvalue weighted by molar-refractivity contribution is 8.00. The van der Waals surface area contributed by atoms with Gasteiger partial charge in [-0.25, -0.2) is 0 Å². The molecule has 1 atom stereocenters. The van der Waals surface area contributed by atoms with Crippen LogP contribution in [0, 0.1) is 0 Å². The monoisotopic (exact) mass is 318 g/mol. The summed E-state index contributed by atoms with van der Waals surface area (Å²) in [6, 6.07) is 7.98. The number of thioether (sulfide) groups is 1. The van der Waals surface area contributed by atoms with Crippen molar-refractivity contribution in [3.05, 3.63) is 36.2 Å². The molecule has 22 heavy (non-hydrogen) atoms. The van der Waals surface area contributed by atoms with E-state index in [9.17, 15) is 4.79 Å². The van der Waals surface area contributed by atoms with E-state index in [1.807, 2.05) is 42.7 Å². The zero-order valence-electron chi connectivity index (χ0n) is 13.4. The molecule has 118 valence electrons. The number of carbonyl (C=O) groups is 1. The number of nitrogens with one attached hydrogen (secondary N) is 1. The van der Waals surface area contributed by atoms with Crippen LogP contribution in [0.3, 0.4) is 0 Å². The van der Waals surface area contributed by atoms with E-state index in [1.165, 1.54) is 17.3 Å². The molecule has 0 saturated carbocycles. The lowest BCUT2D eigenvalue weighted by molar-refractivity contribution is -0.115. The molecule has 2 aromatic rings. The Balaban J connectivity index is 1.96. The van der Waals surface area contributed by atoms with Gasteiger partial charge in [-0.1, -0.05) is 37.7 Å². The molecule has 1 aromatic carbocycles. The van der Waals surface area contributed by atoms with E-state index in [0.29, 0.717) is 5.92 Å². The van der Waals surface area contributed by atoms with Crippen LogP contribution in [-0.4, -0.2) is 25.9 Å². The van der Waals surface area contributed by atoms with Crippen LogP contribution in [0.4, 0.5) is 5.69 Å². The van der Waals surface area contributed by atoms with Gasteiger partial charge in [-0.15, -0.1) is 10.2 Å². The van der Waals surface area contributed by atoms with Crippen LogP contribution in [0.1, 0.15) is 39.2 Å². The minimum atomic E-state index is -0.237. The van der Waals surface area contributed by atoms with E-state index in [1.54, 1.807) is 6.33 Å². The molecule has 5 nitrogen and oxygen atoms in total. The first-order chi connectivity index (χ1) is 10.5. The standard InChI is InChI=1S/C16H22N4OS/c1-5-20-10-17-19-16(20)22-12(4)15(21)18-14-8-6-13(7-9-14)11(2)3/h6-12H,5H2,1-4H3,(H,18,21)/t12-/m0/s1. The Hall–Kier alpha value is -1.82. The first-order valence-electron chi connectivity index (χ1n) is 7.46. The van der Waals surface area contributed by atoms with Crippen molar-refractivity contribution in [2.24, 2.45) is 0 Å². The third kappa shape index (κ3) is 4.10. The van der Waals surface area contributed by atoms with Gasteiger partial charge >= 0.3 is 0 Å². The maximum atomic E-state index is 12.3. The molecule has 0 aliphatic rings. The van der Waals surface area contributed by atoms with Crippen molar-refractivity contribution in [2.45, 2.75) is 50.6 Å². The lowest BCUT2D eigenvalue weighted by Crippen LogP contribution is -2.22. The number of hydrogen-bond acceptors (Lipinski definition) is 4. The maximum Gasteiger partial charge on any atom is 0.237 e. The highest BCUT2D eigenvalue weighted by Gasteiger charge is 2.17. The molecule has 0 radical (unpaired) electrons. The van der Waals surface area contributed by atoms with Crippen molar-refractivity contribution in [2.75, 3.05) is 5.32 Å². The van der Waals surface area contributed by atoms with Gasteiger partial charge < -0.3 is 9.88 Å². The number of anilines is 1. The van der Waals surface area contributed by atoms with Gasteiger partial charge in [-0.3, -0.25) is 4.79 Å². The summed E-state index contributed by atoms with van der Waals surface area (Å²) in [5.41, 5.74) is 2.08. The molecule has 1 heterocycles. The van der Waals surface area contributed by atoms with E-state index in [0.717, 1.165) is 17.4 Å². The Bertz CT molecular complexity index is 621. The summed E-state index contributed by atoms with van der Waals surface area (Å²) < 4.78 is 1.92. The van der Waals surface area contributed by atoms with Crippen molar-refractivity contribution < 1.29 is 4.79 Å². The average molecular weight is 318 g/mol.